The van der Waals surface area contributed by atoms with Crippen LogP contribution in [0.15, 0.2) is 18.2 Å². The molecule has 0 unspecified atom stereocenters. The van der Waals surface area contributed by atoms with Gasteiger partial charge in [0.25, 0.3) is 0 Å². The highest BCUT2D eigenvalue weighted by Crippen LogP contribution is 2.28. The van der Waals surface area contributed by atoms with Gasteiger partial charge in [-0.15, -0.1) is 0 Å². The smallest absolute Gasteiger partial charge is 0.338 e. The Bertz CT molecular complexity index is 390. The molecule has 0 radical (unpaired) electrons. The molecule has 0 fully saturated rings. The topological polar surface area (TPSA) is 85.2 Å². The van der Waals surface area contributed by atoms with Crippen LogP contribution in [0.1, 0.15) is 10.4 Å². The van der Waals surface area contributed by atoms with E-state index in [9.17, 15) is 4.79 Å². The van der Waals surface area contributed by atoms with Gasteiger partial charge in [0, 0.05) is 0 Å². The van der Waals surface area contributed by atoms with Crippen molar-refractivity contribution in [2.24, 2.45) is 0 Å². The predicted molar refractivity (Wildman–Crippen MR) is 62.9 cm³/mol. The van der Waals surface area contributed by atoms with Gasteiger partial charge in [-0.1, -0.05) is 0 Å². The highest BCUT2D eigenvalue weighted by Gasteiger charge is 2.12. The average Bonchev–Trinajstić information content (AvgIpc) is 2.42. The Morgan fingerprint density at radius 2 is 1.89 bits per heavy atom. The Labute approximate surface area is 105 Å². The molecular weight excluding hydrogens is 240 g/mol. The summed E-state index contributed by atoms with van der Waals surface area (Å²) in [4.78, 5) is 11.5. The highest BCUT2D eigenvalue weighted by atomic mass is 16.5. The van der Waals surface area contributed by atoms with Crippen LogP contribution in [0.5, 0.6) is 11.5 Å². The number of carbonyl (C=O) groups excluding carboxylic acids is 1. The molecule has 0 saturated carbocycles. The number of ether oxygens (including phenoxy) is 3. The lowest BCUT2D eigenvalue weighted by Crippen LogP contribution is -2.09. The summed E-state index contributed by atoms with van der Waals surface area (Å²) in [5.41, 5.74) is 0.302. The molecule has 2 N–H and O–H groups in total. The Hall–Kier alpha value is -1.79. The summed E-state index contributed by atoms with van der Waals surface area (Å²) < 4.78 is 15.1. The maximum absolute atomic E-state index is 11.5. The van der Waals surface area contributed by atoms with Crippen LogP contribution in [0.2, 0.25) is 0 Å². The number of hydrogen-bond donors (Lipinski definition) is 2. The molecule has 0 aromatic heterocycles. The van der Waals surface area contributed by atoms with Crippen LogP contribution in [0.4, 0.5) is 0 Å². The molecule has 6 nitrogen and oxygen atoms in total. The lowest BCUT2D eigenvalue weighted by molar-refractivity contribution is 0.0433. The van der Waals surface area contributed by atoms with Crippen molar-refractivity contribution in [3.8, 4) is 11.5 Å². The van der Waals surface area contributed by atoms with E-state index in [0.29, 0.717) is 17.1 Å². The third-order valence-corrected chi connectivity index (χ3v) is 2.07. The minimum Gasteiger partial charge on any atom is -0.493 e. The van der Waals surface area contributed by atoms with E-state index in [2.05, 4.69) is 0 Å². The van der Waals surface area contributed by atoms with Gasteiger partial charge in [0.05, 0.1) is 25.9 Å². The van der Waals surface area contributed by atoms with Crippen molar-refractivity contribution >= 4 is 5.97 Å². The molecule has 0 aliphatic heterocycles. The summed E-state index contributed by atoms with van der Waals surface area (Å²) in [5.74, 6) is 0.267. The number of carbonyl (C=O) groups is 1. The first kappa shape index (κ1) is 14.3. The maximum Gasteiger partial charge on any atom is 0.338 e. The molecular formula is C12H16O6. The molecule has 1 rings (SSSR count). The summed E-state index contributed by atoms with van der Waals surface area (Å²) in [5, 5.41) is 17.2. The van der Waals surface area contributed by atoms with Crippen LogP contribution in [-0.4, -0.2) is 49.7 Å². The van der Waals surface area contributed by atoms with Crippen LogP contribution < -0.4 is 9.47 Å². The lowest BCUT2D eigenvalue weighted by atomic mass is 10.2. The van der Waals surface area contributed by atoms with Crippen LogP contribution in [0.3, 0.4) is 0 Å². The van der Waals surface area contributed by atoms with Crippen LogP contribution in [0.25, 0.3) is 0 Å². The summed E-state index contributed by atoms with van der Waals surface area (Å²) in [6, 6.07) is 4.56. The van der Waals surface area contributed by atoms with Crippen molar-refractivity contribution < 1.29 is 29.2 Å². The van der Waals surface area contributed by atoms with Gasteiger partial charge in [-0.3, -0.25) is 0 Å². The van der Waals surface area contributed by atoms with Crippen molar-refractivity contribution in [2.45, 2.75) is 0 Å². The number of hydrogen-bond acceptors (Lipinski definition) is 6. The quantitative estimate of drug-likeness (QED) is 0.679. The summed E-state index contributed by atoms with van der Waals surface area (Å²) in [7, 11) is 1.45. The van der Waals surface area contributed by atoms with Gasteiger partial charge in [-0.25, -0.2) is 4.79 Å². The van der Waals surface area contributed by atoms with Crippen LogP contribution in [-0.2, 0) is 4.74 Å². The first-order valence-electron chi connectivity index (χ1n) is 5.42. The van der Waals surface area contributed by atoms with Gasteiger partial charge in [-0.05, 0) is 18.2 Å². The molecule has 6 heteroatoms. The fourth-order valence-electron chi connectivity index (χ4n) is 1.29. The number of benzene rings is 1. The van der Waals surface area contributed by atoms with Gasteiger partial charge in [0.15, 0.2) is 11.5 Å². The standard InChI is InChI=1S/C12H16O6/c1-16-11-8-9(12(15)18-7-5-14)2-3-10(11)17-6-4-13/h2-3,8,13-14H,4-7H2,1H3. The highest BCUT2D eigenvalue weighted by molar-refractivity contribution is 5.90. The summed E-state index contributed by atoms with van der Waals surface area (Å²) in [6.45, 7) is -0.238. The molecule has 0 amide bonds. The third-order valence-electron chi connectivity index (χ3n) is 2.07. The van der Waals surface area contributed by atoms with Crippen molar-refractivity contribution in [3.05, 3.63) is 23.8 Å². The number of aliphatic hydroxyl groups excluding tert-OH is 2. The molecule has 0 spiro atoms. The van der Waals surface area contributed by atoms with Gasteiger partial charge >= 0.3 is 5.97 Å². The predicted octanol–water partition coefficient (Wildman–Crippen LogP) is 0.215. The zero-order valence-corrected chi connectivity index (χ0v) is 10.1. The second-order valence-electron chi connectivity index (χ2n) is 3.30. The molecule has 0 atom stereocenters. The Balaban J connectivity index is 2.80. The maximum atomic E-state index is 11.5. The Morgan fingerprint density at radius 1 is 1.17 bits per heavy atom. The van der Waals surface area contributed by atoms with Crippen molar-refractivity contribution in [1.29, 1.82) is 0 Å². The van der Waals surface area contributed by atoms with E-state index in [1.807, 2.05) is 0 Å². The third kappa shape index (κ3) is 3.90. The molecule has 1 aromatic rings. The van der Waals surface area contributed by atoms with Crippen molar-refractivity contribution in [2.75, 3.05) is 33.5 Å². The van der Waals surface area contributed by atoms with Gasteiger partial charge in [0.2, 0.25) is 0 Å². The SMILES string of the molecule is COc1cc(C(=O)OCCO)ccc1OCCO. The molecule has 18 heavy (non-hydrogen) atoms. The first-order chi connectivity index (χ1) is 8.72. The van der Waals surface area contributed by atoms with E-state index < -0.39 is 5.97 Å². The Morgan fingerprint density at radius 3 is 2.50 bits per heavy atom. The molecule has 0 heterocycles. The van der Waals surface area contributed by atoms with E-state index in [1.54, 1.807) is 6.07 Å². The van der Waals surface area contributed by atoms with Gasteiger partial charge in [-0.2, -0.15) is 0 Å². The largest absolute Gasteiger partial charge is 0.493 e. The minimum absolute atomic E-state index is 0.0517. The number of rotatable bonds is 7. The van der Waals surface area contributed by atoms with E-state index in [0.717, 1.165) is 0 Å². The zero-order chi connectivity index (χ0) is 13.4. The molecule has 1 aromatic carbocycles. The van der Waals surface area contributed by atoms with E-state index in [4.69, 9.17) is 24.4 Å². The first-order valence-corrected chi connectivity index (χ1v) is 5.42. The van der Waals surface area contributed by atoms with Crippen molar-refractivity contribution in [1.82, 2.24) is 0 Å². The molecule has 0 bridgehead atoms. The minimum atomic E-state index is -0.545. The second kappa shape index (κ2) is 7.52. The summed E-state index contributed by atoms with van der Waals surface area (Å²) in [6.07, 6.45) is 0. The van der Waals surface area contributed by atoms with Crippen LogP contribution in [0, 0.1) is 0 Å². The number of methoxy groups -OCH3 is 1. The Kier molecular flexibility index (Phi) is 5.96. The number of aliphatic hydroxyl groups is 2. The van der Waals surface area contributed by atoms with E-state index in [1.165, 1.54) is 19.2 Å². The molecule has 0 aliphatic rings. The zero-order valence-electron chi connectivity index (χ0n) is 10.1. The summed E-state index contributed by atoms with van der Waals surface area (Å²) >= 11 is 0. The second-order valence-corrected chi connectivity index (χ2v) is 3.30. The van der Waals surface area contributed by atoms with E-state index >= 15 is 0 Å². The number of esters is 1. The lowest BCUT2D eigenvalue weighted by Gasteiger charge is -2.11. The molecule has 100 valence electrons. The van der Waals surface area contributed by atoms with Crippen LogP contribution >= 0.6 is 0 Å². The van der Waals surface area contributed by atoms with Gasteiger partial charge in [0.1, 0.15) is 13.2 Å². The fourth-order valence-corrected chi connectivity index (χ4v) is 1.29. The van der Waals surface area contributed by atoms with Gasteiger partial charge < -0.3 is 24.4 Å². The molecule has 0 saturated heterocycles. The van der Waals surface area contributed by atoms with Crippen molar-refractivity contribution in [3.63, 3.8) is 0 Å². The average molecular weight is 256 g/mol. The normalized spacial score (nSPS) is 9.94. The van der Waals surface area contributed by atoms with E-state index in [-0.39, 0.29) is 26.4 Å². The molecule has 0 aliphatic carbocycles. The fraction of sp³-hybridized carbons (Fsp3) is 0.417. The monoisotopic (exact) mass is 256 g/mol.